The molecule has 1 rings (SSSR count). The van der Waals surface area contributed by atoms with Crippen LogP contribution in [0.5, 0.6) is 0 Å². The van der Waals surface area contributed by atoms with E-state index in [1.165, 1.54) is 10.6 Å². The second-order valence-electron chi connectivity index (χ2n) is 11.5. The second kappa shape index (κ2) is 24.4. The Labute approximate surface area is 289 Å². The molecule has 0 saturated carbocycles. The normalized spacial score (nSPS) is 15.3. The Bertz CT molecular complexity index is 1340. The Kier molecular flexibility index (Phi) is 22.4. The van der Waals surface area contributed by atoms with Crippen LogP contribution in [0, 0.1) is 6.92 Å². The lowest BCUT2D eigenvalue weighted by Crippen LogP contribution is -2.46. The summed E-state index contributed by atoms with van der Waals surface area (Å²) in [6.07, 6.45) is 3.92. The summed E-state index contributed by atoms with van der Waals surface area (Å²) in [6.45, 7) is 8.76. The molecule has 0 aliphatic heterocycles. The number of carbonyl (C=O) groups is 2. The molecule has 0 fully saturated rings. The number of rotatable bonds is 26. The van der Waals surface area contributed by atoms with Crippen molar-refractivity contribution in [3.05, 3.63) is 32.6 Å². The smallest absolute Gasteiger partial charge is 0.331 e. The molecule has 0 aromatic carbocycles. The van der Waals surface area contributed by atoms with E-state index in [0.717, 1.165) is 30.3 Å². The number of ether oxygens (including phenoxy) is 2. The Morgan fingerprint density at radius 3 is 1.38 bits per heavy atom. The van der Waals surface area contributed by atoms with Gasteiger partial charge < -0.3 is 9.47 Å². The SMILES string of the molecule is CCCCS(=O)CC(=O)OC(Cn1c(C)cc(=O)n(CC(CS(=O)CCCC)OC(=O)CS(=O)CCCC)c1=O)CS(=O)CCCC. The maximum atomic E-state index is 13.8. The van der Waals surface area contributed by atoms with Gasteiger partial charge in [-0.05, 0) is 32.6 Å². The molecule has 12 nitrogen and oxygen atoms in total. The molecular formula is C31H54N2O10S4. The summed E-state index contributed by atoms with van der Waals surface area (Å²) in [5.74, 6) is -0.909. The zero-order valence-corrected chi connectivity index (χ0v) is 31.8. The number of aryl methyl sites for hydroxylation is 1. The molecule has 6 unspecified atom stereocenters. The van der Waals surface area contributed by atoms with Gasteiger partial charge in [0.2, 0.25) is 0 Å². The van der Waals surface area contributed by atoms with Crippen LogP contribution in [0.4, 0.5) is 0 Å². The van der Waals surface area contributed by atoms with Crippen molar-refractivity contribution in [2.75, 3.05) is 46.0 Å². The highest BCUT2D eigenvalue weighted by Crippen LogP contribution is 2.08. The van der Waals surface area contributed by atoms with Gasteiger partial charge in [0.15, 0.2) is 0 Å². The lowest BCUT2D eigenvalue weighted by Gasteiger charge is -2.22. The Balaban J connectivity index is 3.35. The van der Waals surface area contributed by atoms with E-state index >= 15 is 0 Å². The number of aromatic nitrogens is 2. The van der Waals surface area contributed by atoms with E-state index in [1.54, 1.807) is 6.92 Å². The molecule has 0 spiro atoms. The number of nitrogens with zero attached hydrogens (tertiary/aromatic N) is 2. The highest BCUT2D eigenvalue weighted by molar-refractivity contribution is 7.86. The van der Waals surface area contributed by atoms with E-state index in [2.05, 4.69) is 0 Å². The first-order chi connectivity index (χ1) is 22.3. The summed E-state index contributed by atoms with van der Waals surface area (Å²) in [6, 6.07) is 1.22. The lowest BCUT2D eigenvalue weighted by molar-refractivity contribution is -0.146. The van der Waals surface area contributed by atoms with Gasteiger partial charge in [0.1, 0.15) is 23.7 Å². The van der Waals surface area contributed by atoms with Crippen LogP contribution in [-0.4, -0.2) is 96.1 Å². The fraction of sp³-hybridized carbons (Fsp3) is 0.806. The van der Waals surface area contributed by atoms with E-state index < -0.39 is 78.6 Å². The van der Waals surface area contributed by atoms with Crippen LogP contribution < -0.4 is 11.2 Å². The van der Waals surface area contributed by atoms with Gasteiger partial charge in [-0.3, -0.25) is 40.4 Å². The quantitative estimate of drug-likeness (QED) is 0.129. The largest absolute Gasteiger partial charge is 0.459 e. The van der Waals surface area contributed by atoms with Gasteiger partial charge >= 0.3 is 17.6 Å². The van der Waals surface area contributed by atoms with E-state index in [4.69, 9.17) is 9.47 Å². The highest BCUT2D eigenvalue weighted by atomic mass is 32.2. The summed E-state index contributed by atoms with van der Waals surface area (Å²) in [7, 11) is -5.64. The molecule has 1 aromatic rings. The molecule has 0 radical (unpaired) electrons. The van der Waals surface area contributed by atoms with Crippen molar-refractivity contribution in [3.63, 3.8) is 0 Å². The van der Waals surface area contributed by atoms with Crippen LogP contribution in [0.25, 0.3) is 0 Å². The zero-order valence-electron chi connectivity index (χ0n) is 28.6. The number of hydrogen-bond donors (Lipinski definition) is 0. The fourth-order valence-electron chi connectivity index (χ4n) is 4.42. The van der Waals surface area contributed by atoms with Crippen molar-refractivity contribution < 1.29 is 35.9 Å². The van der Waals surface area contributed by atoms with Crippen LogP contribution in [0.1, 0.15) is 84.8 Å². The van der Waals surface area contributed by atoms with E-state index in [0.29, 0.717) is 48.7 Å². The molecule has 272 valence electrons. The molecule has 1 aromatic heterocycles. The van der Waals surface area contributed by atoms with Crippen molar-refractivity contribution in [2.24, 2.45) is 0 Å². The number of esters is 2. The highest BCUT2D eigenvalue weighted by Gasteiger charge is 2.25. The van der Waals surface area contributed by atoms with E-state index in [-0.39, 0.29) is 41.8 Å². The topological polar surface area (TPSA) is 165 Å². The average Bonchev–Trinajstić information content (AvgIpc) is 3.00. The first-order valence-corrected chi connectivity index (χ1v) is 22.4. The first kappa shape index (κ1) is 43.2. The minimum atomic E-state index is -1.44. The number of unbranched alkanes of at least 4 members (excludes halogenated alkanes) is 4. The third kappa shape index (κ3) is 18.0. The second-order valence-corrected chi connectivity index (χ2v) is 17.9. The summed E-state index contributed by atoms with van der Waals surface area (Å²) in [5.41, 5.74) is -1.16. The summed E-state index contributed by atoms with van der Waals surface area (Å²) in [5, 5.41) is 0. The first-order valence-electron chi connectivity index (χ1n) is 16.4. The van der Waals surface area contributed by atoms with Crippen LogP contribution in [-0.2, 0) is 75.4 Å². The molecule has 0 aliphatic rings. The summed E-state index contributed by atoms with van der Waals surface area (Å²) >= 11 is 0. The van der Waals surface area contributed by atoms with Gasteiger partial charge in [-0.2, -0.15) is 0 Å². The maximum Gasteiger partial charge on any atom is 0.331 e. The molecule has 0 bridgehead atoms. The van der Waals surface area contributed by atoms with Gasteiger partial charge in [0.25, 0.3) is 5.56 Å². The van der Waals surface area contributed by atoms with Crippen molar-refractivity contribution in [1.29, 1.82) is 0 Å². The number of hydrogen-bond acceptors (Lipinski definition) is 10. The molecule has 47 heavy (non-hydrogen) atoms. The molecular weight excluding hydrogens is 689 g/mol. The fourth-order valence-corrected chi connectivity index (χ4v) is 9.32. The molecule has 0 amide bonds. The monoisotopic (exact) mass is 742 g/mol. The molecule has 1 heterocycles. The van der Waals surface area contributed by atoms with E-state index in [9.17, 15) is 36.0 Å². The predicted molar refractivity (Wildman–Crippen MR) is 191 cm³/mol. The third-order valence-corrected chi connectivity index (χ3v) is 12.6. The van der Waals surface area contributed by atoms with E-state index in [1.807, 2.05) is 27.7 Å². The molecule has 0 aliphatic carbocycles. The maximum absolute atomic E-state index is 13.8. The predicted octanol–water partition coefficient (Wildman–Crippen LogP) is 2.34. The third-order valence-electron chi connectivity index (χ3n) is 7.06. The van der Waals surface area contributed by atoms with Crippen LogP contribution in [0.15, 0.2) is 15.7 Å². The van der Waals surface area contributed by atoms with Gasteiger partial charge in [-0.1, -0.05) is 53.4 Å². The zero-order chi connectivity index (χ0) is 35.4. The van der Waals surface area contributed by atoms with Crippen molar-refractivity contribution in [3.8, 4) is 0 Å². The van der Waals surface area contributed by atoms with Crippen molar-refractivity contribution in [2.45, 2.75) is 111 Å². The van der Waals surface area contributed by atoms with Gasteiger partial charge in [-0.25, -0.2) is 4.79 Å². The Morgan fingerprint density at radius 2 is 1.00 bits per heavy atom. The van der Waals surface area contributed by atoms with Crippen LogP contribution >= 0.6 is 0 Å². The molecule has 0 saturated heterocycles. The Morgan fingerprint density at radius 1 is 0.638 bits per heavy atom. The minimum Gasteiger partial charge on any atom is -0.459 e. The van der Waals surface area contributed by atoms with Crippen LogP contribution in [0.2, 0.25) is 0 Å². The van der Waals surface area contributed by atoms with Gasteiger partial charge in [-0.15, -0.1) is 0 Å². The Hall–Kier alpha value is -1.78. The molecule has 6 atom stereocenters. The van der Waals surface area contributed by atoms with Gasteiger partial charge in [0.05, 0.1) is 24.6 Å². The average molecular weight is 743 g/mol. The number of carbonyl (C=O) groups excluding carboxylic acids is 2. The standard InChI is InChI=1S/C31H54N2O10S4/c1-6-10-14-44(38)21-26(42-29(35)23-46(40)16-12-8-3)19-32-25(5)18-28(34)33(31(32)37)20-27(22-45(39)15-11-7-2)43-30(36)24-47(41)17-13-9-4/h18,26-27H,6-17,19-24H2,1-5H3. The summed E-state index contributed by atoms with van der Waals surface area (Å²) in [4.78, 5) is 52.2. The molecule has 16 heteroatoms. The summed E-state index contributed by atoms with van der Waals surface area (Å²) < 4.78 is 63.5. The van der Waals surface area contributed by atoms with Crippen molar-refractivity contribution >= 4 is 55.1 Å². The molecule has 0 N–H and O–H groups in total. The minimum absolute atomic E-state index is 0.0514. The van der Waals surface area contributed by atoms with Crippen LogP contribution in [0.3, 0.4) is 0 Å². The van der Waals surface area contributed by atoms with Gasteiger partial charge in [0, 0.05) is 78.0 Å². The van der Waals surface area contributed by atoms with Crippen molar-refractivity contribution in [1.82, 2.24) is 9.13 Å². The lowest BCUT2D eigenvalue weighted by atomic mass is 10.3.